The molecule has 0 aliphatic carbocycles. The lowest BCUT2D eigenvalue weighted by Crippen LogP contribution is -2.30. The Morgan fingerprint density at radius 2 is 2.04 bits per heavy atom. The zero-order valence-electron chi connectivity index (χ0n) is 13.0. The van der Waals surface area contributed by atoms with Crippen LogP contribution in [0.15, 0.2) is 47.4 Å². The van der Waals surface area contributed by atoms with Gasteiger partial charge in [-0.1, -0.05) is 23.7 Å². The van der Waals surface area contributed by atoms with Crippen molar-refractivity contribution in [1.82, 2.24) is 9.29 Å². The van der Waals surface area contributed by atoms with E-state index < -0.39 is 15.8 Å². The summed E-state index contributed by atoms with van der Waals surface area (Å²) in [5.41, 5.74) is 0.872. The standard InChI is InChI=1S/C17H14ClFN2O2S2/c18-12-10-11(7-8-13(12)19)25(22,23)21-9-3-5-15(21)17-20-14-4-1-2-6-16(14)24-17/h1-2,4,6-8,10,15H,3,5,9H2. The quantitative estimate of drug-likeness (QED) is 0.649. The minimum Gasteiger partial charge on any atom is -0.239 e. The van der Waals surface area contributed by atoms with Crippen molar-refractivity contribution in [1.29, 1.82) is 0 Å². The summed E-state index contributed by atoms with van der Waals surface area (Å²) >= 11 is 7.28. The molecule has 1 unspecified atom stereocenters. The first-order valence-electron chi connectivity index (χ1n) is 7.79. The second-order valence-corrected chi connectivity index (χ2v) is 9.23. The van der Waals surface area contributed by atoms with Crippen LogP contribution in [0.2, 0.25) is 5.02 Å². The molecule has 1 aliphatic rings. The van der Waals surface area contributed by atoms with Gasteiger partial charge in [0.05, 0.1) is 26.2 Å². The Bertz CT molecular complexity index is 1020. The van der Waals surface area contributed by atoms with Gasteiger partial charge in [-0.2, -0.15) is 4.31 Å². The zero-order valence-corrected chi connectivity index (χ0v) is 15.4. The molecule has 0 radical (unpaired) electrons. The Hall–Kier alpha value is -1.54. The highest BCUT2D eigenvalue weighted by Gasteiger charge is 2.38. The lowest BCUT2D eigenvalue weighted by Gasteiger charge is -2.22. The van der Waals surface area contributed by atoms with Crippen LogP contribution >= 0.6 is 22.9 Å². The number of thiazole rings is 1. The molecule has 0 saturated carbocycles. The van der Waals surface area contributed by atoms with Crippen molar-refractivity contribution >= 4 is 43.2 Å². The predicted octanol–water partition coefficient (Wildman–Crippen LogP) is 4.61. The highest BCUT2D eigenvalue weighted by molar-refractivity contribution is 7.89. The lowest BCUT2D eigenvalue weighted by molar-refractivity contribution is 0.396. The summed E-state index contributed by atoms with van der Waals surface area (Å²) in [6.45, 7) is 0.415. The third-order valence-corrected chi connectivity index (χ3v) is 7.63. The smallest absolute Gasteiger partial charge is 0.239 e. The van der Waals surface area contributed by atoms with E-state index in [0.717, 1.165) is 27.7 Å². The normalized spacial score (nSPS) is 18.9. The van der Waals surface area contributed by atoms with Crippen molar-refractivity contribution in [2.24, 2.45) is 0 Å². The number of halogens is 2. The summed E-state index contributed by atoms with van der Waals surface area (Å²) in [7, 11) is -3.76. The molecule has 0 N–H and O–H groups in total. The molecule has 0 bridgehead atoms. The van der Waals surface area contributed by atoms with Crippen molar-refractivity contribution < 1.29 is 12.8 Å². The molecule has 4 nitrogen and oxygen atoms in total. The van der Waals surface area contributed by atoms with Crippen LogP contribution in [0.3, 0.4) is 0 Å². The Morgan fingerprint density at radius 3 is 2.80 bits per heavy atom. The molecule has 1 aliphatic heterocycles. The number of fused-ring (bicyclic) bond motifs is 1. The summed E-state index contributed by atoms with van der Waals surface area (Å²) < 4.78 is 41.9. The first-order chi connectivity index (χ1) is 12.0. The second-order valence-electron chi connectivity index (χ2n) is 5.87. The average Bonchev–Trinajstić information content (AvgIpc) is 3.23. The van der Waals surface area contributed by atoms with Gasteiger partial charge in [-0.25, -0.2) is 17.8 Å². The average molecular weight is 397 g/mol. The van der Waals surface area contributed by atoms with Gasteiger partial charge in [0.2, 0.25) is 10.0 Å². The predicted molar refractivity (Wildman–Crippen MR) is 96.9 cm³/mol. The first-order valence-corrected chi connectivity index (χ1v) is 10.4. The van der Waals surface area contributed by atoms with Crippen LogP contribution in [-0.2, 0) is 10.0 Å². The Morgan fingerprint density at radius 1 is 1.24 bits per heavy atom. The molecule has 0 spiro atoms. The number of benzene rings is 2. The third kappa shape index (κ3) is 2.95. The fourth-order valence-electron chi connectivity index (χ4n) is 3.08. The highest BCUT2D eigenvalue weighted by Crippen LogP contribution is 2.39. The molecule has 3 aromatic rings. The molecular weight excluding hydrogens is 383 g/mol. The van der Waals surface area contributed by atoms with Crippen LogP contribution in [-0.4, -0.2) is 24.3 Å². The summed E-state index contributed by atoms with van der Waals surface area (Å²) in [5, 5.41) is 0.590. The second kappa shape index (κ2) is 6.32. The number of sulfonamides is 1. The number of hydrogen-bond donors (Lipinski definition) is 0. The largest absolute Gasteiger partial charge is 0.243 e. The van der Waals surface area contributed by atoms with Gasteiger partial charge in [0.1, 0.15) is 10.8 Å². The highest BCUT2D eigenvalue weighted by atomic mass is 35.5. The van der Waals surface area contributed by atoms with Crippen molar-refractivity contribution in [2.45, 2.75) is 23.8 Å². The zero-order chi connectivity index (χ0) is 17.6. The fourth-order valence-corrected chi connectivity index (χ4v) is 6.19. The van der Waals surface area contributed by atoms with Crippen molar-refractivity contribution in [3.05, 3.63) is 58.3 Å². The third-order valence-electron chi connectivity index (χ3n) is 4.30. The summed E-state index contributed by atoms with van der Waals surface area (Å²) in [6, 6.07) is 10.9. The molecule has 1 fully saturated rings. The maximum atomic E-state index is 13.4. The number of nitrogens with zero attached hydrogens (tertiary/aromatic N) is 2. The summed E-state index contributed by atoms with van der Waals surface area (Å²) in [5.74, 6) is -0.634. The fraction of sp³-hybridized carbons (Fsp3) is 0.235. The van der Waals surface area contributed by atoms with E-state index in [1.165, 1.54) is 27.8 Å². The Labute approximate surface area is 153 Å². The van der Waals surface area contributed by atoms with E-state index in [9.17, 15) is 12.8 Å². The van der Waals surface area contributed by atoms with Crippen LogP contribution in [0, 0.1) is 5.82 Å². The van der Waals surface area contributed by atoms with E-state index in [4.69, 9.17) is 11.6 Å². The SMILES string of the molecule is O=S(=O)(c1ccc(F)c(Cl)c1)N1CCCC1c1nc2ccccc2s1. The van der Waals surface area contributed by atoms with Crippen LogP contribution in [0.4, 0.5) is 4.39 Å². The number of rotatable bonds is 3. The van der Waals surface area contributed by atoms with Crippen molar-refractivity contribution in [3.63, 3.8) is 0 Å². The van der Waals surface area contributed by atoms with Gasteiger partial charge in [-0.05, 0) is 43.2 Å². The minimum atomic E-state index is -3.76. The molecule has 2 aromatic carbocycles. The molecule has 1 atom stereocenters. The maximum Gasteiger partial charge on any atom is 0.243 e. The van der Waals surface area contributed by atoms with E-state index in [2.05, 4.69) is 4.98 Å². The van der Waals surface area contributed by atoms with Gasteiger partial charge in [0.25, 0.3) is 0 Å². The summed E-state index contributed by atoms with van der Waals surface area (Å²) in [4.78, 5) is 4.62. The van der Waals surface area contributed by atoms with Crippen molar-refractivity contribution in [3.8, 4) is 0 Å². The van der Waals surface area contributed by atoms with Gasteiger partial charge in [0, 0.05) is 6.54 Å². The molecule has 25 heavy (non-hydrogen) atoms. The van der Waals surface area contributed by atoms with Gasteiger partial charge in [-0.3, -0.25) is 0 Å². The van der Waals surface area contributed by atoms with E-state index >= 15 is 0 Å². The van der Waals surface area contributed by atoms with E-state index in [1.54, 1.807) is 0 Å². The molecule has 8 heteroatoms. The number of aromatic nitrogens is 1. The molecule has 0 amide bonds. The monoisotopic (exact) mass is 396 g/mol. The Kier molecular flexibility index (Phi) is 4.27. The van der Waals surface area contributed by atoms with Gasteiger partial charge in [0.15, 0.2) is 0 Å². The molecule has 4 rings (SSSR count). The molecular formula is C17H14ClFN2O2S2. The van der Waals surface area contributed by atoms with Crippen LogP contribution in [0.25, 0.3) is 10.2 Å². The molecule has 130 valence electrons. The lowest BCUT2D eigenvalue weighted by atomic mass is 10.2. The number of hydrogen-bond acceptors (Lipinski definition) is 4. The summed E-state index contributed by atoms with van der Waals surface area (Å²) in [6.07, 6.45) is 1.47. The van der Waals surface area contributed by atoms with Crippen LogP contribution < -0.4 is 0 Å². The topological polar surface area (TPSA) is 50.3 Å². The molecule has 1 aromatic heterocycles. The maximum absolute atomic E-state index is 13.4. The molecule has 1 saturated heterocycles. The Balaban J connectivity index is 1.74. The molecule has 2 heterocycles. The minimum absolute atomic E-state index is 0.00640. The van der Waals surface area contributed by atoms with Crippen molar-refractivity contribution in [2.75, 3.05) is 6.54 Å². The van der Waals surface area contributed by atoms with Gasteiger partial charge >= 0.3 is 0 Å². The van der Waals surface area contributed by atoms with E-state index in [-0.39, 0.29) is 16.0 Å². The van der Waals surface area contributed by atoms with Crippen LogP contribution in [0.1, 0.15) is 23.9 Å². The van der Waals surface area contributed by atoms with Gasteiger partial charge in [-0.15, -0.1) is 11.3 Å². The first kappa shape index (κ1) is 16.9. The number of para-hydroxylation sites is 1. The van der Waals surface area contributed by atoms with Crippen LogP contribution in [0.5, 0.6) is 0 Å². The van der Waals surface area contributed by atoms with E-state index in [1.807, 2.05) is 24.3 Å². The van der Waals surface area contributed by atoms with E-state index in [0.29, 0.717) is 13.0 Å². The van der Waals surface area contributed by atoms with Gasteiger partial charge < -0.3 is 0 Å².